The molecule has 1 unspecified atom stereocenters. The molecule has 3 heteroatoms. The molecular formula is C18H31N3. The van der Waals surface area contributed by atoms with E-state index in [-0.39, 0.29) is 0 Å². The van der Waals surface area contributed by atoms with E-state index < -0.39 is 0 Å². The Labute approximate surface area is 129 Å². The summed E-state index contributed by atoms with van der Waals surface area (Å²) in [5.74, 6) is 1.13. The topological polar surface area (TPSA) is 29.9 Å². The Bertz CT molecular complexity index is 469. The molecule has 0 aliphatic heterocycles. The molecule has 0 saturated heterocycles. The van der Waals surface area contributed by atoms with Gasteiger partial charge in [-0.25, -0.2) is 4.98 Å². The Morgan fingerprint density at radius 1 is 1.14 bits per heavy atom. The second-order valence-electron chi connectivity index (χ2n) is 8.01. The molecule has 2 fully saturated rings. The third-order valence-electron chi connectivity index (χ3n) is 5.36. The van der Waals surface area contributed by atoms with Gasteiger partial charge in [-0.05, 0) is 44.4 Å². The zero-order valence-electron chi connectivity index (χ0n) is 14.0. The lowest BCUT2D eigenvalue weighted by Gasteiger charge is -2.36. The maximum Gasteiger partial charge on any atom is 0.203 e. The molecule has 1 heterocycles. The van der Waals surface area contributed by atoms with E-state index in [4.69, 9.17) is 4.98 Å². The van der Waals surface area contributed by atoms with Crippen LogP contribution in [-0.2, 0) is 0 Å². The van der Waals surface area contributed by atoms with Crippen molar-refractivity contribution in [2.24, 2.45) is 5.41 Å². The molecule has 0 radical (unpaired) electrons. The van der Waals surface area contributed by atoms with Crippen LogP contribution in [0.25, 0.3) is 0 Å². The summed E-state index contributed by atoms with van der Waals surface area (Å²) in [5.41, 5.74) is 1.63. The SMILES string of the molecule is Cc1cn(C2CCCC(C)(C)C2)c(NC2CCCCC2)n1. The zero-order chi connectivity index (χ0) is 14.9. The molecule has 2 saturated carbocycles. The van der Waals surface area contributed by atoms with E-state index in [9.17, 15) is 0 Å². The van der Waals surface area contributed by atoms with Crippen molar-refractivity contribution < 1.29 is 0 Å². The van der Waals surface area contributed by atoms with Gasteiger partial charge < -0.3 is 9.88 Å². The molecule has 1 atom stereocenters. The van der Waals surface area contributed by atoms with Crippen LogP contribution in [0.4, 0.5) is 5.95 Å². The molecule has 0 aromatic carbocycles. The largest absolute Gasteiger partial charge is 0.353 e. The van der Waals surface area contributed by atoms with Gasteiger partial charge in [-0.15, -0.1) is 0 Å². The number of aryl methyl sites for hydroxylation is 1. The molecule has 0 amide bonds. The molecule has 3 nitrogen and oxygen atoms in total. The summed E-state index contributed by atoms with van der Waals surface area (Å²) in [6.45, 7) is 6.95. The Kier molecular flexibility index (Phi) is 4.28. The minimum atomic E-state index is 0.475. The van der Waals surface area contributed by atoms with Gasteiger partial charge in [0.1, 0.15) is 0 Å². The van der Waals surface area contributed by atoms with Gasteiger partial charge >= 0.3 is 0 Å². The van der Waals surface area contributed by atoms with Crippen molar-refractivity contribution in [3.05, 3.63) is 11.9 Å². The number of nitrogens with zero attached hydrogens (tertiary/aromatic N) is 2. The molecule has 1 N–H and O–H groups in total. The fourth-order valence-corrected chi connectivity index (χ4v) is 4.23. The molecule has 3 rings (SSSR count). The van der Waals surface area contributed by atoms with Gasteiger partial charge in [-0.3, -0.25) is 0 Å². The summed E-state index contributed by atoms with van der Waals surface area (Å²) in [6, 6.07) is 1.26. The summed E-state index contributed by atoms with van der Waals surface area (Å²) in [4.78, 5) is 4.78. The van der Waals surface area contributed by atoms with Crippen molar-refractivity contribution in [1.29, 1.82) is 0 Å². The van der Waals surface area contributed by atoms with Gasteiger partial charge in [-0.1, -0.05) is 39.5 Å². The van der Waals surface area contributed by atoms with Crippen LogP contribution in [0.2, 0.25) is 0 Å². The van der Waals surface area contributed by atoms with E-state index in [2.05, 4.69) is 36.9 Å². The smallest absolute Gasteiger partial charge is 0.203 e. The highest BCUT2D eigenvalue weighted by Crippen LogP contribution is 2.42. The van der Waals surface area contributed by atoms with Gasteiger partial charge in [0.25, 0.3) is 0 Å². The van der Waals surface area contributed by atoms with Crippen LogP contribution in [-0.4, -0.2) is 15.6 Å². The van der Waals surface area contributed by atoms with Crippen molar-refractivity contribution in [3.63, 3.8) is 0 Å². The lowest BCUT2D eigenvalue weighted by atomic mass is 9.75. The van der Waals surface area contributed by atoms with E-state index in [0.29, 0.717) is 17.5 Å². The van der Waals surface area contributed by atoms with Crippen molar-refractivity contribution in [3.8, 4) is 0 Å². The Hall–Kier alpha value is -0.990. The predicted octanol–water partition coefficient (Wildman–Crippen LogP) is 5.08. The van der Waals surface area contributed by atoms with Crippen molar-refractivity contribution >= 4 is 5.95 Å². The minimum Gasteiger partial charge on any atom is -0.353 e. The molecule has 2 aliphatic rings. The van der Waals surface area contributed by atoms with Crippen LogP contribution in [0.5, 0.6) is 0 Å². The van der Waals surface area contributed by atoms with Crippen LogP contribution in [0.15, 0.2) is 6.20 Å². The summed E-state index contributed by atoms with van der Waals surface area (Å²) in [6.07, 6.45) is 14.3. The normalized spacial score (nSPS) is 26.7. The lowest BCUT2D eigenvalue weighted by Crippen LogP contribution is -2.28. The Balaban J connectivity index is 1.75. The van der Waals surface area contributed by atoms with Crippen LogP contribution in [0, 0.1) is 12.3 Å². The van der Waals surface area contributed by atoms with E-state index in [1.54, 1.807) is 0 Å². The second-order valence-corrected chi connectivity index (χ2v) is 8.01. The highest BCUT2D eigenvalue weighted by atomic mass is 15.2. The zero-order valence-corrected chi connectivity index (χ0v) is 14.0. The first-order valence-corrected chi connectivity index (χ1v) is 8.85. The summed E-state index contributed by atoms with van der Waals surface area (Å²) in [7, 11) is 0. The number of nitrogens with one attached hydrogen (secondary N) is 1. The van der Waals surface area contributed by atoms with Gasteiger partial charge in [0, 0.05) is 18.3 Å². The Morgan fingerprint density at radius 2 is 1.90 bits per heavy atom. The van der Waals surface area contributed by atoms with Crippen molar-refractivity contribution in [1.82, 2.24) is 9.55 Å². The van der Waals surface area contributed by atoms with Crippen LogP contribution < -0.4 is 5.32 Å². The third-order valence-corrected chi connectivity index (χ3v) is 5.36. The van der Waals surface area contributed by atoms with Crippen LogP contribution >= 0.6 is 0 Å². The molecular weight excluding hydrogens is 258 g/mol. The number of imidazole rings is 1. The van der Waals surface area contributed by atoms with Crippen LogP contribution in [0.3, 0.4) is 0 Å². The quantitative estimate of drug-likeness (QED) is 0.841. The summed E-state index contributed by atoms with van der Waals surface area (Å²) >= 11 is 0. The standard InChI is InChI=1S/C18H31N3/c1-14-13-21(16-10-7-11-18(2,3)12-16)17(19-14)20-15-8-5-4-6-9-15/h13,15-16H,4-12H2,1-3H3,(H,19,20). The fraction of sp³-hybridized carbons (Fsp3) is 0.833. The van der Waals surface area contributed by atoms with E-state index in [1.165, 1.54) is 57.8 Å². The number of hydrogen-bond acceptors (Lipinski definition) is 2. The summed E-state index contributed by atoms with van der Waals surface area (Å²) < 4.78 is 2.45. The molecule has 0 spiro atoms. The van der Waals surface area contributed by atoms with Gasteiger partial charge in [-0.2, -0.15) is 0 Å². The average Bonchev–Trinajstić information content (AvgIpc) is 2.80. The minimum absolute atomic E-state index is 0.475. The average molecular weight is 289 g/mol. The molecule has 2 aliphatic carbocycles. The Morgan fingerprint density at radius 3 is 2.62 bits per heavy atom. The maximum atomic E-state index is 4.78. The monoisotopic (exact) mass is 289 g/mol. The number of anilines is 1. The first kappa shape index (κ1) is 14.9. The maximum absolute atomic E-state index is 4.78. The van der Waals surface area contributed by atoms with E-state index in [1.807, 2.05) is 0 Å². The fourth-order valence-electron chi connectivity index (χ4n) is 4.23. The molecule has 21 heavy (non-hydrogen) atoms. The number of aromatic nitrogens is 2. The molecule has 118 valence electrons. The van der Waals surface area contributed by atoms with E-state index in [0.717, 1.165) is 11.6 Å². The second kappa shape index (κ2) is 6.02. The first-order valence-electron chi connectivity index (χ1n) is 8.85. The molecule has 0 bridgehead atoms. The highest BCUT2D eigenvalue weighted by molar-refractivity contribution is 5.31. The molecule has 1 aromatic heterocycles. The van der Waals surface area contributed by atoms with Crippen molar-refractivity contribution in [2.45, 2.75) is 90.6 Å². The van der Waals surface area contributed by atoms with Gasteiger partial charge in [0.05, 0.1) is 5.69 Å². The van der Waals surface area contributed by atoms with Gasteiger partial charge in [0.15, 0.2) is 0 Å². The predicted molar refractivity (Wildman–Crippen MR) is 88.7 cm³/mol. The first-order chi connectivity index (χ1) is 10.0. The third kappa shape index (κ3) is 3.61. The van der Waals surface area contributed by atoms with Crippen molar-refractivity contribution in [2.75, 3.05) is 5.32 Å². The van der Waals surface area contributed by atoms with Crippen LogP contribution in [0.1, 0.15) is 83.4 Å². The summed E-state index contributed by atoms with van der Waals surface area (Å²) in [5, 5.41) is 3.75. The number of rotatable bonds is 3. The number of hydrogen-bond donors (Lipinski definition) is 1. The highest BCUT2D eigenvalue weighted by Gasteiger charge is 2.30. The van der Waals surface area contributed by atoms with Gasteiger partial charge in [0.2, 0.25) is 5.95 Å². The lowest BCUT2D eigenvalue weighted by molar-refractivity contribution is 0.184. The molecule has 1 aromatic rings. The van der Waals surface area contributed by atoms with E-state index >= 15 is 0 Å².